The highest BCUT2D eigenvalue weighted by Gasteiger charge is 2.25. The fourth-order valence-electron chi connectivity index (χ4n) is 2.31. The molecule has 1 heterocycles. The second-order valence-corrected chi connectivity index (χ2v) is 6.99. The van der Waals surface area contributed by atoms with E-state index in [-0.39, 0.29) is 22.4 Å². The van der Waals surface area contributed by atoms with Crippen molar-refractivity contribution in [1.82, 2.24) is 5.32 Å². The molecule has 0 aliphatic carbocycles. The van der Waals surface area contributed by atoms with Crippen LogP contribution in [0.5, 0.6) is 5.75 Å². The summed E-state index contributed by atoms with van der Waals surface area (Å²) in [6.07, 6.45) is 2.29. The van der Waals surface area contributed by atoms with Gasteiger partial charge in [-0.25, -0.2) is 18.0 Å². The number of carbonyl (C=O) groups excluding carboxylic acids is 2. The van der Waals surface area contributed by atoms with Gasteiger partial charge in [-0.05, 0) is 41.6 Å². The molecular weight excluding hydrogens is 435 g/mol. The molecule has 1 N–H and O–H groups in total. The largest absolute Gasteiger partial charge is 0.488 e. The van der Waals surface area contributed by atoms with Crippen molar-refractivity contribution in [2.45, 2.75) is 6.61 Å². The predicted octanol–water partition coefficient (Wildman–Crippen LogP) is 3.29. The standard InChI is InChI=1S/C20H14F3N3O4S/c1-29-18(27)8-17-19(28)25-20(31-17)26-24-9-12-3-4-13(21)7-16(12)30-10-11-2-5-14(22)15(23)6-11/h2-9H,10H2,1H3,(H,25,26,28)/b17-8+,24-9?. The first-order valence-electron chi connectivity index (χ1n) is 8.62. The third-order valence-electron chi connectivity index (χ3n) is 3.80. The molecule has 1 aliphatic heterocycles. The number of nitrogens with zero attached hydrogens (tertiary/aromatic N) is 2. The van der Waals surface area contributed by atoms with Crippen molar-refractivity contribution < 1.29 is 32.2 Å². The number of nitrogens with one attached hydrogen (secondary N) is 1. The predicted molar refractivity (Wildman–Crippen MR) is 108 cm³/mol. The molecule has 2 aromatic rings. The second-order valence-electron chi connectivity index (χ2n) is 5.96. The van der Waals surface area contributed by atoms with Crippen LogP contribution >= 0.6 is 11.8 Å². The number of carbonyl (C=O) groups is 2. The van der Waals surface area contributed by atoms with Crippen molar-refractivity contribution in [3.8, 4) is 5.75 Å². The van der Waals surface area contributed by atoms with Gasteiger partial charge in [0.05, 0.1) is 18.2 Å². The lowest BCUT2D eigenvalue weighted by Crippen LogP contribution is -2.19. The van der Waals surface area contributed by atoms with Crippen LogP contribution in [-0.2, 0) is 20.9 Å². The Labute approximate surface area is 178 Å². The molecular formula is C20H14F3N3O4S. The monoisotopic (exact) mass is 449 g/mol. The van der Waals surface area contributed by atoms with Gasteiger partial charge in [0.25, 0.3) is 5.91 Å². The van der Waals surface area contributed by atoms with Gasteiger partial charge in [0.15, 0.2) is 16.8 Å². The topological polar surface area (TPSA) is 89.3 Å². The molecule has 2 aromatic carbocycles. The van der Waals surface area contributed by atoms with Gasteiger partial charge in [-0.2, -0.15) is 5.10 Å². The Morgan fingerprint density at radius 3 is 2.71 bits per heavy atom. The molecule has 3 rings (SSSR count). The molecule has 1 aliphatic rings. The zero-order valence-electron chi connectivity index (χ0n) is 15.9. The molecule has 160 valence electrons. The average Bonchev–Trinajstić information content (AvgIpc) is 3.09. The molecule has 0 spiro atoms. The third-order valence-corrected chi connectivity index (χ3v) is 4.70. The van der Waals surface area contributed by atoms with Crippen molar-refractivity contribution >= 4 is 35.0 Å². The van der Waals surface area contributed by atoms with Gasteiger partial charge in [0.2, 0.25) is 0 Å². The zero-order valence-corrected chi connectivity index (χ0v) is 16.7. The number of hydrogen-bond donors (Lipinski definition) is 1. The summed E-state index contributed by atoms with van der Waals surface area (Å²) in [7, 11) is 1.19. The first-order chi connectivity index (χ1) is 14.9. The summed E-state index contributed by atoms with van der Waals surface area (Å²) in [5.41, 5.74) is 0.703. The van der Waals surface area contributed by atoms with Gasteiger partial charge < -0.3 is 9.47 Å². The molecule has 0 bridgehead atoms. The SMILES string of the molecule is COC(=O)/C=C1/S/C(=N\N=Cc2ccc(F)cc2OCc2ccc(F)c(F)c2)NC1=O. The van der Waals surface area contributed by atoms with E-state index >= 15 is 0 Å². The van der Waals surface area contributed by atoms with E-state index in [4.69, 9.17) is 4.74 Å². The van der Waals surface area contributed by atoms with Gasteiger partial charge >= 0.3 is 5.97 Å². The van der Waals surface area contributed by atoms with E-state index in [0.717, 1.165) is 36.0 Å². The zero-order chi connectivity index (χ0) is 22.4. The maximum Gasteiger partial charge on any atom is 0.331 e. The van der Waals surface area contributed by atoms with Gasteiger partial charge in [-0.1, -0.05) is 6.07 Å². The molecule has 11 heteroatoms. The summed E-state index contributed by atoms with van der Waals surface area (Å²) < 4.78 is 49.9. The Hall–Kier alpha value is -3.60. The number of rotatable bonds is 6. The summed E-state index contributed by atoms with van der Waals surface area (Å²) in [6.45, 7) is -0.135. The summed E-state index contributed by atoms with van der Waals surface area (Å²) in [5, 5.41) is 10.2. The van der Waals surface area contributed by atoms with Crippen molar-refractivity contribution in [2.24, 2.45) is 10.2 Å². The number of esters is 1. The van der Waals surface area contributed by atoms with Crippen molar-refractivity contribution in [2.75, 3.05) is 7.11 Å². The highest BCUT2D eigenvalue weighted by molar-refractivity contribution is 8.18. The van der Waals surface area contributed by atoms with Crippen LogP contribution in [0.25, 0.3) is 0 Å². The first-order valence-corrected chi connectivity index (χ1v) is 9.43. The first kappa shape index (κ1) is 22.1. The Morgan fingerprint density at radius 2 is 1.97 bits per heavy atom. The minimum atomic E-state index is -1.02. The fourth-order valence-corrected chi connectivity index (χ4v) is 3.05. The van der Waals surface area contributed by atoms with Crippen LogP contribution in [0.4, 0.5) is 13.2 Å². The minimum Gasteiger partial charge on any atom is -0.488 e. The maximum absolute atomic E-state index is 13.6. The molecule has 0 aromatic heterocycles. The van der Waals surface area contributed by atoms with Crippen LogP contribution in [-0.4, -0.2) is 30.4 Å². The Balaban J connectivity index is 1.71. The number of hydrogen-bond acceptors (Lipinski definition) is 7. The molecule has 0 saturated carbocycles. The fraction of sp³-hybridized carbons (Fsp3) is 0.100. The normalized spacial score (nSPS) is 16.2. The molecule has 1 fully saturated rings. The third kappa shape index (κ3) is 5.95. The number of methoxy groups -OCH3 is 1. The molecule has 7 nitrogen and oxygen atoms in total. The molecule has 0 atom stereocenters. The summed E-state index contributed by atoms with van der Waals surface area (Å²) >= 11 is 0.893. The average molecular weight is 449 g/mol. The Bertz CT molecular complexity index is 1120. The van der Waals surface area contributed by atoms with E-state index < -0.39 is 29.3 Å². The number of amides is 1. The van der Waals surface area contributed by atoms with E-state index in [2.05, 4.69) is 20.3 Å². The van der Waals surface area contributed by atoms with Crippen molar-refractivity contribution in [1.29, 1.82) is 0 Å². The molecule has 0 radical (unpaired) electrons. The maximum atomic E-state index is 13.6. The van der Waals surface area contributed by atoms with Crippen LogP contribution in [0, 0.1) is 17.5 Å². The van der Waals surface area contributed by atoms with Crippen molar-refractivity contribution in [3.05, 3.63) is 76.0 Å². The number of halogens is 3. The van der Waals surface area contributed by atoms with Crippen LogP contribution < -0.4 is 10.1 Å². The summed E-state index contributed by atoms with van der Waals surface area (Å²) in [4.78, 5) is 23.1. The molecule has 31 heavy (non-hydrogen) atoms. The molecule has 0 unspecified atom stereocenters. The lowest BCUT2D eigenvalue weighted by Gasteiger charge is -2.09. The van der Waals surface area contributed by atoms with E-state index in [1.807, 2.05) is 0 Å². The number of thioether (sulfide) groups is 1. The van der Waals surface area contributed by atoms with Gasteiger partial charge in [-0.15, -0.1) is 5.10 Å². The van der Waals surface area contributed by atoms with E-state index in [0.29, 0.717) is 11.1 Å². The summed E-state index contributed by atoms with van der Waals surface area (Å²) in [5.74, 6) is -3.68. The molecule has 1 amide bonds. The van der Waals surface area contributed by atoms with Crippen molar-refractivity contribution in [3.63, 3.8) is 0 Å². The smallest absolute Gasteiger partial charge is 0.331 e. The second kappa shape index (κ2) is 9.94. The lowest BCUT2D eigenvalue weighted by atomic mass is 10.2. The van der Waals surface area contributed by atoms with Gasteiger partial charge in [0.1, 0.15) is 18.2 Å². The van der Waals surface area contributed by atoms with Gasteiger partial charge in [-0.3, -0.25) is 10.1 Å². The Morgan fingerprint density at radius 1 is 1.16 bits per heavy atom. The number of amidine groups is 1. The van der Waals surface area contributed by atoms with Crippen LogP contribution in [0.3, 0.4) is 0 Å². The Kier molecular flexibility index (Phi) is 7.08. The molecule has 1 saturated heterocycles. The highest BCUT2D eigenvalue weighted by Crippen LogP contribution is 2.24. The lowest BCUT2D eigenvalue weighted by molar-refractivity contribution is -0.135. The van der Waals surface area contributed by atoms with E-state index in [9.17, 15) is 22.8 Å². The minimum absolute atomic E-state index is 0.0955. The van der Waals surface area contributed by atoms with E-state index in [1.54, 1.807) is 0 Å². The quantitative estimate of drug-likeness (QED) is 0.316. The van der Waals surface area contributed by atoms with E-state index in [1.165, 1.54) is 31.5 Å². The van der Waals surface area contributed by atoms with Crippen LogP contribution in [0.1, 0.15) is 11.1 Å². The van der Waals surface area contributed by atoms with Gasteiger partial charge in [0, 0.05) is 17.7 Å². The summed E-state index contributed by atoms with van der Waals surface area (Å²) in [6, 6.07) is 6.97. The number of benzene rings is 2. The number of ether oxygens (including phenoxy) is 2. The van der Waals surface area contributed by atoms with Crippen LogP contribution in [0.15, 0.2) is 57.6 Å². The van der Waals surface area contributed by atoms with Crippen LogP contribution in [0.2, 0.25) is 0 Å². The highest BCUT2D eigenvalue weighted by atomic mass is 32.2.